The molecule has 0 saturated heterocycles. The average Bonchev–Trinajstić information content (AvgIpc) is 2.82. The number of rotatable bonds is 2. The molecule has 1 aromatic carbocycles. The van der Waals surface area contributed by atoms with E-state index in [0.717, 1.165) is 18.7 Å². The van der Waals surface area contributed by atoms with Crippen LogP contribution in [0.1, 0.15) is 16.2 Å². The maximum atomic E-state index is 10.9. The first-order chi connectivity index (χ1) is 8.75. The van der Waals surface area contributed by atoms with E-state index >= 15 is 0 Å². The van der Waals surface area contributed by atoms with Crippen LogP contribution < -0.4 is 4.90 Å². The summed E-state index contributed by atoms with van der Waals surface area (Å²) in [5.74, 6) is -0.645. The summed E-state index contributed by atoms with van der Waals surface area (Å²) in [6, 6.07) is 9.80. The summed E-state index contributed by atoms with van der Waals surface area (Å²) in [5.41, 5.74) is 2.35. The van der Waals surface area contributed by atoms with Gasteiger partial charge in [-0.2, -0.15) is 0 Å². The molecule has 0 bridgehead atoms. The fraction of sp³-hybridized carbons (Fsp3) is 0.154. The highest BCUT2D eigenvalue weighted by atomic mass is 16.4. The van der Waals surface area contributed by atoms with E-state index in [4.69, 9.17) is 5.11 Å². The van der Waals surface area contributed by atoms with E-state index < -0.39 is 5.97 Å². The van der Waals surface area contributed by atoms with Crippen molar-refractivity contribution in [1.82, 2.24) is 9.97 Å². The smallest absolute Gasteiger partial charge is 0.374 e. The Hall–Kier alpha value is -2.43. The van der Waals surface area contributed by atoms with E-state index in [2.05, 4.69) is 16.0 Å². The van der Waals surface area contributed by atoms with Crippen LogP contribution >= 0.6 is 0 Å². The largest absolute Gasteiger partial charge is 0.475 e. The van der Waals surface area contributed by atoms with Crippen LogP contribution in [0.15, 0.2) is 36.5 Å². The number of fused-ring (bicyclic) bond motifs is 1. The first-order valence-corrected chi connectivity index (χ1v) is 5.67. The molecule has 1 aliphatic heterocycles. The van der Waals surface area contributed by atoms with Crippen molar-refractivity contribution in [3.63, 3.8) is 0 Å². The van der Waals surface area contributed by atoms with E-state index in [-0.39, 0.29) is 5.82 Å². The van der Waals surface area contributed by atoms with Crippen LogP contribution in [0.3, 0.4) is 0 Å². The zero-order chi connectivity index (χ0) is 12.5. The van der Waals surface area contributed by atoms with Crippen LogP contribution in [0.4, 0.5) is 11.5 Å². The summed E-state index contributed by atoms with van der Waals surface area (Å²) in [4.78, 5) is 20.7. The second kappa shape index (κ2) is 4.10. The third kappa shape index (κ3) is 1.69. The molecule has 18 heavy (non-hydrogen) atoms. The number of para-hydroxylation sites is 1. The second-order valence-corrected chi connectivity index (χ2v) is 4.07. The van der Waals surface area contributed by atoms with Crippen LogP contribution in [0.25, 0.3) is 0 Å². The zero-order valence-corrected chi connectivity index (χ0v) is 9.58. The van der Waals surface area contributed by atoms with Crippen molar-refractivity contribution in [1.29, 1.82) is 0 Å². The first kappa shape index (κ1) is 10.7. The minimum absolute atomic E-state index is 0.170. The lowest BCUT2D eigenvalue weighted by molar-refractivity contribution is 0.0683. The minimum Gasteiger partial charge on any atom is -0.475 e. The maximum absolute atomic E-state index is 10.9. The summed E-state index contributed by atoms with van der Waals surface area (Å²) < 4.78 is 0. The highest BCUT2D eigenvalue weighted by Crippen LogP contribution is 2.32. The summed E-state index contributed by atoms with van der Waals surface area (Å²) in [6.45, 7) is 0.815. The number of aromatic nitrogens is 2. The van der Waals surface area contributed by atoms with Crippen molar-refractivity contribution in [3.8, 4) is 0 Å². The molecule has 5 nitrogen and oxygen atoms in total. The van der Waals surface area contributed by atoms with Crippen molar-refractivity contribution < 1.29 is 9.90 Å². The number of carboxylic acids is 1. The average molecular weight is 241 g/mol. The molecule has 5 heteroatoms. The van der Waals surface area contributed by atoms with Crippen LogP contribution in [0.5, 0.6) is 0 Å². The Morgan fingerprint density at radius 1 is 1.28 bits per heavy atom. The van der Waals surface area contributed by atoms with E-state index in [0.29, 0.717) is 5.82 Å². The number of carboxylic acid groups (broad SMARTS) is 1. The predicted molar refractivity (Wildman–Crippen MR) is 66.1 cm³/mol. The zero-order valence-electron chi connectivity index (χ0n) is 9.58. The van der Waals surface area contributed by atoms with Gasteiger partial charge in [-0.15, -0.1) is 0 Å². The molecule has 2 aromatic rings. The third-order valence-electron chi connectivity index (χ3n) is 3.00. The van der Waals surface area contributed by atoms with Gasteiger partial charge in [-0.1, -0.05) is 18.2 Å². The standard InChI is InChI=1S/C13H11N3O2/c17-13(18)12-14-7-5-11(15-12)16-8-6-9-3-1-2-4-10(9)16/h1-5,7H,6,8H2,(H,17,18). The normalized spacial score (nSPS) is 13.4. The molecule has 1 N–H and O–H groups in total. The number of carbonyl (C=O) groups is 1. The molecule has 3 rings (SSSR count). The topological polar surface area (TPSA) is 66.3 Å². The molecule has 1 aromatic heterocycles. The monoisotopic (exact) mass is 241 g/mol. The maximum Gasteiger partial charge on any atom is 0.374 e. The number of hydrogen-bond acceptors (Lipinski definition) is 4. The van der Waals surface area contributed by atoms with Gasteiger partial charge in [0.05, 0.1) is 0 Å². The molecule has 90 valence electrons. The summed E-state index contributed by atoms with van der Waals surface area (Å²) in [6.07, 6.45) is 2.43. The van der Waals surface area contributed by atoms with E-state index in [1.54, 1.807) is 6.07 Å². The molecule has 1 aliphatic rings. The highest BCUT2D eigenvalue weighted by molar-refractivity contribution is 5.83. The number of benzene rings is 1. The van der Waals surface area contributed by atoms with Gasteiger partial charge in [0.2, 0.25) is 5.82 Å². The van der Waals surface area contributed by atoms with Gasteiger partial charge in [0, 0.05) is 18.4 Å². The van der Waals surface area contributed by atoms with Crippen molar-refractivity contribution in [2.75, 3.05) is 11.4 Å². The van der Waals surface area contributed by atoms with E-state index in [1.807, 2.05) is 23.1 Å². The Bertz CT molecular complexity index is 613. The minimum atomic E-state index is -1.11. The fourth-order valence-corrected chi connectivity index (χ4v) is 2.18. The van der Waals surface area contributed by atoms with Gasteiger partial charge in [-0.3, -0.25) is 0 Å². The molecular weight excluding hydrogens is 230 g/mol. The van der Waals surface area contributed by atoms with E-state index in [1.165, 1.54) is 11.8 Å². The number of aromatic carboxylic acids is 1. The van der Waals surface area contributed by atoms with Gasteiger partial charge in [0.15, 0.2) is 0 Å². The van der Waals surface area contributed by atoms with Gasteiger partial charge in [0.25, 0.3) is 0 Å². The SMILES string of the molecule is O=C(O)c1nccc(N2CCc3ccccc32)n1. The van der Waals surface area contributed by atoms with Crippen molar-refractivity contribution in [2.24, 2.45) is 0 Å². The first-order valence-electron chi connectivity index (χ1n) is 5.67. The van der Waals surface area contributed by atoms with Crippen LogP contribution in [-0.2, 0) is 6.42 Å². The molecular formula is C13H11N3O2. The van der Waals surface area contributed by atoms with Crippen molar-refractivity contribution >= 4 is 17.5 Å². The molecule has 0 atom stereocenters. The predicted octanol–water partition coefficient (Wildman–Crippen LogP) is 1.87. The quantitative estimate of drug-likeness (QED) is 0.869. The lowest BCUT2D eigenvalue weighted by Gasteiger charge is -2.18. The highest BCUT2D eigenvalue weighted by Gasteiger charge is 2.21. The molecule has 0 saturated carbocycles. The van der Waals surface area contributed by atoms with Crippen LogP contribution in [0.2, 0.25) is 0 Å². The molecule has 0 aliphatic carbocycles. The molecule has 0 radical (unpaired) electrons. The number of hydrogen-bond donors (Lipinski definition) is 1. The Balaban J connectivity index is 2.02. The molecule has 0 fully saturated rings. The summed E-state index contributed by atoms with van der Waals surface area (Å²) in [5, 5.41) is 8.90. The Kier molecular flexibility index (Phi) is 2.44. The van der Waals surface area contributed by atoms with Gasteiger partial charge in [0.1, 0.15) is 5.82 Å². The Morgan fingerprint density at radius 3 is 2.94 bits per heavy atom. The van der Waals surface area contributed by atoms with Crippen molar-refractivity contribution in [2.45, 2.75) is 6.42 Å². The van der Waals surface area contributed by atoms with Crippen LogP contribution in [-0.4, -0.2) is 27.6 Å². The lowest BCUT2D eigenvalue weighted by atomic mass is 10.2. The molecule has 0 spiro atoms. The number of anilines is 2. The molecule has 0 amide bonds. The lowest BCUT2D eigenvalue weighted by Crippen LogP contribution is -2.16. The van der Waals surface area contributed by atoms with Gasteiger partial charge >= 0.3 is 5.97 Å². The summed E-state index contributed by atoms with van der Waals surface area (Å²) in [7, 11) is 0. The Morgan fingerprint density at radius 2 is 2.11 bits per heavy atom. The van der Waals surface area contributed by atoms with Crippen molar-refractivity contribution in [3.05, 3.63) is 47.9 Å². The molecule has 0 unspecified atom stereocenters. The second-order valence-electron chi connectivity index (χ2n) is 4.07. The fourth-order valence-electron chi connectivity index (χ4n) is 2.18. The van der Waals surface area contributed by atoms with Crippen LogP contribution in [0, 0.1) is 0 Å². The van der Waals surface area contributed by atoms with Gasteiger partial charge < -0.3 is 10.0 Å². The number of nitrogens with zero attached hydrogens (tertiary/aromatic N) is 3. The van der Waals surface area contributed by atoms with Gasteiger partial charge in [-0.05, 0) is 24.1 Å². The third-order valence-corrected chi connectivity index (χ3v) is 3.00. The van der Waals surface area contributed by atoms with Gasteiger partial charge in [-0.25, -0.2) is 14.8 Å². The Labute approximate surface area is 104 Å². The summed E-state index contributed by atoms with van der Waals surface area (Å²) >= 11 is 0. The molecule has 2 heterocycles. The van der Waals surface area contributed by atoms with E-state index in [9.17, 15) is 4.79 Å².